The van der Waals surface area contributed by atoms with E-state index >= 15 is 0 Å². The number of carbonyl (C=O) groups is 1. The Kier molecular flexibility index (Phi) is 4.48. The van der Waals surface area contributed by atoms with Gasteiger partial charge in [-0.05, 0) is 42.5 Å². The summed E-state index contributed by atoms with van der Waals surface area (Å²) in [6, 6.07) is 11.5. The maximum absolute atomic E-state index is 10.7. The van der Waals surface area contributed by atoms with Gasteiger partial charge in [0.25, 0.3) is 0 Å². The molecule has 0 unspecified atom stereocenters. The number of rotatable bonds is 5. The number of methoxy groups -OCH3 is 1. The van der Waals surface area contributed by atoms with E-state index in [9.17, 15) is 4.79 Å². The molecule has 104 valence electrons. The van der Waals surface area contributed by atoms with Crippen LogP contribution in [0.3, 0.4) is 0 Å². The molecule has 0 aliphatic carbocycles. The molecular weight excluding hydrogens is 280 g/mol. The SMILES string of the molecule is COc1ccc(Cl)cc1COc1ccc(C(=O)O)cc1. The molecule has 0 heterocycles. The first-order chi connectivity index (χ1) is 9.60. The van der Waals surface area contributed by atoms with Gasteiger partial charge in [-0.3, -0.25) is 0 Å². The van der Waals surface area contributed by atoms with Crippen LogP contribution >= 0.6 is 11.6 Å². The molecular formula is C15H13ClO4. The summed E-state index contributed by atoms with van der Waals surface area (Å²) in [6.45, 7) is 0.288. The van der Waals surface area contributed by atoms with E-state index in [-0.39, 0.29) is 12.2 Å². The predicted molar refractivity (Wildman–Crippen MR) is 75.7 cm³/mol. The molecule has 0 radical (unpaired) electrons. The largest absolute Gasteiger partial charge is 0.496 e. The molecule has 1 N–H and O–H groups in total. The van der Waals surface area contributed by atoms with Crippen LogP contribution in [-0.4, -0.2) is 18.2 Å². The molecule has 0 amide bonds. The zero-order valence-electron chi connectivity index (χ0n) is 10.8. The van der Waals surface area contributed by atoms with Gasteiger partial charge in [0.15, 0.2) is 0 Å². The molecule has 2 aromatic carbocycles. The van der Waals surface area contributed by atoms with Crippen molar-refractivity contribution in [2.24, 2.45) is 0 Å². The van der Waals surface area contributed by atoms with Crippen LogP contribution in [0.15, 0.2) is 42.5 Å². The van der Waals surface area contributed by atoms with Crippen molar-refractivity contribution in [3.05, 3.63) is 58.6 Å². The Balaban J connectivity index is 2.08. The van der Waals surface area contributed by atoms with Crippen LogP contribution in [0, 0.1) is 0 Å². The number of hydrogen-bond acceptors (Lipinski definition) is 3. The van der Waals surface area contributed by atoms with Gasteiger partial charge in [-0.2, -0.15) is 0 Å². The molecule has 5 heteroatoms. The summed E-state index contributed by atoms with van der Waals surface area (Å²) >= 11 is 5.93. The van der Waals surface area contributed by atoms with E-state index in [2.05, 4.69) is 0 Å². The molecule has 0 aliphatic heterocycles. The smallest absolute Gasteiger partial charge is 0.335 e. The maximum atomic E-state index is 10.7. The molecule has 0 atom stereocenters. The first-order valence-electron chi connectivity index (χ1n) is 5.88. The van der Waals surface area contributed by atoms with Gasteiger partial charge in [-0.15, -0.1) is 0 Å². The first-order valence-corrected chi connectivity index (χ1v) is 6.26. The Bertz CT molecular complexity index is 608. The highest BCUT2D eigenvalue weighted by molar-refractivity contribution is 6.30. The summed E-state index contributed by atoms with van der Waals surface area (Å²) in [5.41, 5.74) is 1.04. The monoisotopic (exact) mass is 292 g/mol. The van der Waals surface area contributed by atoms with Crippen LogP contribution < -0.4 is 9.47 Å². The lowest BCUT2D eigenvalue weighted by Crippen LogP contribution is -2.00. The first kappa shape index (κ1) is 14.2. The number of benzene rings is 2. The predicted octanol–water partition coefficient (Wildman–Crippen LogP) is 3.63. The quantitative estimate of drug-likeness (QED) is 0.914. The number of carboxylic acid groups (broad SMARTS) is 1. The summed E-state index contributed by atoms with van der Waals surface area (Å²) in [7, 11) is 1.58. The highest BCUT2D eigenvalue weighted by Crippen LogP contribution is 2.24. The van der Waals surface area contributed by atoms with Gasteiger partial charge in [0.2, 0.25) is 0 Å². The summed E-state index contributed by atoms with van der Waals surface area (Å²) in [5, 5.41) is 9.41. The highest BCUT2D eigenvalue weighted by atomic mass is 35.5. The number of halogens is 1. The van der Waals surface area contributed by atoms with E-state index < -0.39 is 5.97 Å². The molecule has 0 aliphatic rings. The van der Waals surface area contributed by atoms with Crippen LogP contribution in [-0.2, 0) is 6.61 Å². The Morgan fingerprint density at radius 2 is 1.90 bits per heavy atom. The second kappa shape index (κ2) is 6.30. The number of aromatic carboxylic acids is 1. The molecule has 0 bridgehead atoms. The minimum Gasteiger partial charge on any atom is -0.496 e. The average Bonchev–Trinajstić information content (AvgIpc) is 2.45. The van der Waals surface area contributed by atoms with Gasteiger partial charge in [0, 0.05) is 10.6 Å². The normalized spacial score (nSPS) is 10.1. The molecule has 0 saturated carbocycles. The van der Waals surface area contributed by atoms with Crippen LogP contribution in [0.1, 0.15) is 15.9 Å². The van der Waals surface area contributed by atoms with Crippen molar-refractivity contribution in [2.75, 3.05) is 7.11 Å². The second-order valence-corrected chi connectivity index (χ2v) is 4.51. The molecule has 20 heavy (non-hydrogen) atoms. The molecule has 4 nitrogen and oxygen atoms in total. The summed E-state index contributed by atoms with van der Waals surface area (Å²) in [4.78, 5) is 10.7. The lowest BCUT2D eigenvalue weighted by atomic mass is 10.2. The van der Waals surface area contributed by atoms with Crippen molar-refractivity contribution in [3.63, 3.8) is 0 Å². The van der Waals surface area contributed by atoms with Crippen molar-refractivity contribution in [2.45, 2.75) is 6.61 Å². The van der Waals surface area contributed by atoms with Crippen molar-refractivity contribution in [1.82, 2.24) is 0 Å². The van der Waals surface area contributed by atoms with Crippen LogP contribution in [0.2, 0.25) is 5.02 Å². The lowest BCUT2D eigenvalue weighted by Gasteiger charge is -2.10. The van der Waals surface area contributed by atoms with E-state index in [0.29, 0.717) is 16.5 Å². The van der Waals surface area contributed by atoms with Crippen LogP contribution in [0.4, 0.5) is 0 Å². The van der Waals surface area contributed by atoms with Crippen LogP contribution in [0.5, 0.6) is 11.5 Å². The minimum absolute atomic E-state index is 0.220. The summed E-state index contributed by atoms with van der Waals surface area (Å²) in [5.74, 6) is 0.307. The Labute approximate surface area is 121 Å². The zero-order chi connectivity index (χ0) is 14.5. The third-order valence-electron chi connectivity index (χ3n) is 2.74. The van der Waals surface area contributed by atoms with Crippen molar-refractivity contribution >= 4 is 17.6 Å². The molecule has 0 aromatic heterocycles. The Morgan fingerprint density at radius 3 is 2.50 bits per heavy atom. The van der Waals surface area contributed by atoms with Crippen molar-refractivity contribution in [3.8, 4) is 11.5 Å². The molecule has 2 rings (SSSR count). The zero-order valence-corrected chi connectivity index (χ0v) is 11.6. The number of hydrogen-bond donors (Lipinski definition) is 1. The van der Waals surface area contributed by atoms with E-state index in [1.54, 1.807) is 37.4 Å². The molecule has 0 spiro atoms. The maximum Gasteiger partial charge on any atom is 0.335 e. The Hall–Kier alpha value is -2.20. The summed E-state index contributed by atoms with van der Waals surface area (Å²) in [6.07, 6.45) is 0. The average molecular weight is 293 g/mol. The van der Waals surface area contributed by atoms with E-state index in [1.807, 2.05) is 0 Å². The minimum atomic E-state index is -0.965. The fourth-order valence-corrected chi connectivity index (χ4v) is 1.91. The van der Waals surface area contributed by atoms with Gasteiger partial charge >= 0.3 is 5.97 Å². The third kappa shape index (κ3) is 3.42. The van der Waals surface area contributed by atoms with Gasteiger partial charge < -0.3 is 14.6 Å². The Morgan fingerprint density at radius 1 is 1.20 bits per heavy atom. The standard InChI is InChI=1S/C15H13ClO4/c1-19-14-7-4-12(16)8-11(14)9-20-13-5-2-10(3-6-13)15(17)18/h2-8H,9H2,1H3,(H,17,18). The third-order valence-corrected chi connectivity index (χ3v) is 2.97. The fraction of sp³-hybridized carbons (Fsp3) is 0.133. The van der Waals surface area contributed by atoms with Gasteiger partial charge in [0.1, 0.15) is 18.1 Å². The summed E-state index contributed by atoms with van der Waals surface area (Å²) < 4.78 is 10.8. The number of ether oxygens (including phenoxy) is 2. The second-order valence-electron chi connectivity index (χ2n) is 4.07. The topological polar surface area (TPSA) is 55.8 Å². The lowest BCUT2D eigenvalue weighted by molar-refractivity contribution is 0.0697. The van der Waals surface area contributed by atoms with Gasteiger partial charge in [-0.1, -0.05) is 11.6 Å². The fourth-order valence-electron chi connectivity index (χ4n) is 1.71. The van der Waals surface area contributed by atoms with E-state index in [4.69, 9.17) is 26.2 Å². The van der Waals surface area contributed by atoms with Crippen molar-refractivity contribution < 1.29 is 19.4 Å². The molecule has 2 aromatic rings. The van der Waals surface area contributed by atoms with E-state index in [0.717, 1.165) is 5.56 Å². The van der Waals surface area contributed by atoms with Crippen LogP contribution in [0.25, 0.3) is 0 Å². The van der Waals surface area contributed by atoms with Crippen molar-refractivity contribution in [1.29, 1.82) is 0 Å². The molecule has 0 saturated heterocycles. The number of carboxylic acids is 1. The van der Waals surface area contributed by atoms with Gasteiger partial charge in [-0.25, -0.2) is 4.79 Å². The highest BCUT2D eigenvalue weighted by Gasteiger charge is 2.06. The molecule has 0 fully saturated rings. The van der Waals surface area contributed by atoms with E-state index in [1.165, 1.54) is 12.1 Å². The van der Waals surface area contributed by atoms with Gasteiger partial charge in [0.05, 0.1) is 12.7 Å².